The first-order valence-electron chi connectivity index (χ1n) is 7.64. The highest BCUT2D eigenvalue weighted by Gasteiger charge is 2.36. The van der Waals surface area contributed by atoms with E-state index in [4.69, 9.17) is 5.73 Å². The van der Waals surface area contributed by atoms with Crippen LogP contribution >= 0.6 is 0 Å². The minimum absolute atomic E-state index is 0.0728. The number of benzene rings is 1. The Morgan fingerprint density at radius 1 is 1.29 bits per heavy atom. The van der Waals surface area contributed by atoms with E-state index in [9.17, 15) is 18.0 Å². The number of para-hydroxylation sites is 1. The normalized spacial score (nSPS) is 19.8. The highest BCUT2D eigenvalue weighted by Crippen LogP contribution is 2.38. The highest BCUT2D eigenvalue weighted by molar-refractivity contribution is 5.42. The molecule has 4 nitrogen and oxygen atoms in total. The fraction of sp³-hybridized carbons (Fsp3) is 0.412. The zero-order valence-electron chi connectivity index (χ0n) is 13.4. The van der Waals surface area contributed by atoms with Gasteiger partial charge >= 0.3 is 6.18 Å². The summed E-state index contributed by atoms with van der Waals surface area (Å²) in [5.74, 6) is 0. The average molecular weight is 337 g/mol. The molecule has 1 atom stereocenters. The van der Waals surface area contributed by atoms with Gasteiger partial charge in [-0.3, -0.25) is 4.79 Å². The van der Waals surface area contributed by atoms with Crippen LogP contribution in [0.1, 0.15) is 43.1 Å². The third-order valence-corrected chi connectivity index (χ3v) is 4.27. The van der Waals surface area contributed by atoms with E-state index >= 15 is 0 Å². The van der Waals surface area contributed by atoms with Gasteiger partial charge < -0.3 is 5.73 Å². The smallest absolute Gasteiger partial charge is 0.323 e. The Bertz CT molecular complexity index is 840. The van der Waals surface area contributed by atoms with Crippen LogP contribution in [0.25, 0.3) is 5.69 Å². The van der Waals surface area contributed by atoms with Crippen molar-refractivity contribution in [1.29, 1.82) is 0 Å². The minimum Gasteiger partial charge on any atom is -0.323 e. The van der Waals surface area contributed by atoms with Gasteiger partial charge in [0.1, 0.15) is 0 Å². The molecule has 2 aromatic rings. The molecular formula is C17H18F3N3O. The van der Waals surface area contributed by atoms with Crippen LogP contribution in [-0.4, -0.2) is 9.78 Å². The van der Waals surface area contributed by atoms with Crippen molar-refractivity contribution in [1.82, 2.24) is 9.78 Å². The second-order valence-electron chi connectivity index (χ2n) is 6.97. The quantitative estimate of drug-likeness (QED) is 0.869. The molecule has 0 spiro atoms. The lowest BCUT2D eigenvalue weighted by Crippen LogP contribution is -2.35. The number of hydrogen-bond donors (Lipinski definition) is 1. The summed E-state index contributed by atoms with van der Waals surface area (Å²) < 4.78 is 40.5. The van der Waals surface area contributed by atoms with Crippen LogP contribution in [-0.2, 0) is 12.6 Å². The number of alkyl halides is 3. The molecular weight excluding hydrogens is 319 g/mol. The lowest BCUT2D eigenvalue weighted by Gasteiger charge is -2.34. The number of halogens is 3. The fourth-order valence-corrected chi connectivity index (χ4v) is 3.31. The standard InChI is InChI=1S/C17H18F3N3O/c1-16(2)8-10-7-14(24)23(22-15(10)12(21)9-16)13-6-4-3-5-11(13)17(18,19)20/h3-7,12H,8-9,21H2,1-2H3. The molecule has 7 heteroatoms. The van der Waals surface area contributed by atoms with Crippen molar-refractivity contribution in [3.63, 3.8) is 0 Å². The van der Waals surface area contributed by atoms with Crippen molar-refractivity contribution < 1.29 is 13.2 Å². The van der Waals surface area contributed by atoms with Crippen molar-refractivity contribution in [3.8, 4) is 5.69 Å². The van der Waals surface area contributed by atoms with Gasteiger partial charge in [0.15, 0.2) is 0 Å². The summed E-state index contributed by atoms with van der Waals surface area (Å²) in [5, 5.41) is 4.18. The van der Waals surface area contributed by atoms with Crippen molar-refractivity contribution in [2.75, 3.05) is 0 Å². The number of rotatable bonds is 1. The van der Waals surface area contributed by atoms with E-state index in [0.717, 1.165) is 10.7 Å². The van der Waals surface area contributed by atoms with Crippen molar-refractivity contribution in [2.24, 2.45) is 11.1 Å². The van der Waals surface area contributed by atoms with Crippen LogP contribution < -0.4 is 11.3 Å². The molecule has 1 unspecified atom stereocenters. The van der Waals surface area contributed by atoms with Gasteiger partial charge in [0.25, 0.3) is 5.56 Å². The predicted molar refractivity (Wildman–Crippen MR) is 83.9 cm³/mol. The van der Waals surface area contributed by atoms with Gasteiger partial charge in [-0.15, -0.1) is 0 Å². The largest absolute Gasteiger partial charge is 0.418 e. The lowest BCUT2D eigenvalue weighted by molar-refractivity contribution is -0.137. The van der Waals surface area contributed by atoms with E-state index in [0.29, 0.717) is 24.1 Å². The van der Waals surface area contributed by atoms with Crippen LogP contribution in [0.3, 0.4) is 0 Å². The second kappa shape index (κ2) is 5.44. The molecule has 24 heavy (non-hydrogen) atoms. The molecule has 0 aliphatic heterocycles. The summed E-state index contributed by atoms with van der Waals surface area (Å²) in [5.41, 5.74) is 5.50. The van der Waals surface area contributed by atoms with Gasteiger partial charge in [-0.1, -0.05) is 26.0 Å². The van der Waals surface area contributed by atoms with E-state index in [-0.39, 0.29) is 11.1 Å². The van der Waals surface area contributed by atoms with Gasteiger partial charge in [-0.05, 0) is 36.0 Å². The zero-order valence-corrected chi connectivity index (χ0v) is 13.4. The SMILES string of the molecule is CC1(C)Cc2cc(=O)n(-c3ccccc3C(F)(F)F)nc2C(N)C1. The van der Waals surface area contributed by atoms with Gasteiger partial charge in [0, 0.05) is 12.1 Å². The van der Waals surface area contributed by atoms with Crippen molar-refractivity contribution in [3.05, 3.63) is 57.5 Å². The Balaban J connectivity index is 2.20. The molecule has 1 aromatic carbocycles. The number of fused-ring (bicyclic) bond motifs is 1. The third-order valence-electron chi connectivity index (χ3n) is 4.27. The maximum Gasteiger partial charge on any atom is 0.418 e. The molecule has 1 aromatic heterocycles. The van der Waals surface area contributed by atoms with E-state index < -0.39 is 23.3 Å². The first kappa shape index (κ1) is 16.7. The minimum atomic E-state index is -4.57. The number of nitrogens with zero attached hydrogens (tertiary/aromatic N) is 2. The van der Waals surface area contributed by atoms with E-state index in [2.05, 4.69) is 5.10 Å². The van der Waals surface area contributed by atoms with Crippen LogP contribution in [0, 0.1) is 5.41 Å². The van der Waals surface area contributed by atoms with E-state index in [1.807, 2.05) is 13.8 Å². The zero-order chi connectivity index (χ0) is 17.7. The van der Waals surface area contributed by atoms with Crippen molar-refractivity contribution >= 4 is 0 Å². The van der Waals surface area contributed by atoms with E-state index in [1.54, 1.807) is 0 Å². The molecule has 1 heterocycles. The Morgan fingerprint density at radius 3 is 2.62 bits per heavy atom. The molecule has 1 aliphatic rings. The third kappa shape index (κ3) is 2.96. The molecule has 0 saturated carbocycles. The fourth-order valence-electron chi connectivity index (χ4n) is 3.31. The first-order valence-corrected chi connectivity index (χ1v) is 7.64. The molecule has 0 radical (unpaired) electrons. The summed E-state index contributed by atoms with van der Waals surface area (Å²) in [4.78, 5) is 12.4. The molecule has 128 valence electrons. The Labute approximate surface area is 137 Å². The van der Waals surface area contributed by atoms with Crippen molar-refractivity contribution in [2.45, 2.75) is 38.9 Å². The molecule has 2 N–H and O–H groups in total. The van der Waals surface area contributed by atoms with Gasteiger partial charge in [0.05, 0.1) is 16.9 Å². The summed E-state index contributed by atoms with van der Waals surface area (Å²) in [6, 6.07) is 5.85. The molecule has 1 aliphatic carbocycles. The maximum absolute atomic E-state index is 13.2. The van der Waals surface area contributed by atoms with Gasteiger partial charge in [0.2, 0.25) is 0 Å². The Morgan fingerprint density at radius 2 is 1.96 bits per heavy atom. The summed E-state index contributed by atoms with van der Waals surface area (Å²) in [6.45, 7) is 4.08. The lowest BCUT2D eigenvalue weighted by atomic mass is 9.74. The number of hydrogen-bond acceptors (Lipinski definition) is 3. The molecule has 0 fully saturated rings. The Hall–Kier alpha value is -2.15. The summed E-state index contributed by atoms with van der Waals surface area (Å²) in [7, 11) is 0. The van der Waals surface area contributed by atoms with Gasteiger partial charge in [-0.2, -0.15) is 23.0 Å². The second-order valence-corrected chi connectivity index (χ2v) is 6.97. The van der Waals surface area contributed by atoms with E-state index in [1.165, 1.54) is 24.3 Å². The Kier molecular flexibility index (Phi) is 3.79. The average Bonchev–Trinajstić information content (AvgIpc) is 2.44. The van der Waals surface area contributed by atoms with Crippen LogP contribution in [0.5, 0.6) is 0 Å². The molecule has 0 saturated heterocycles. The summed E-state index contributed by atoms with van der Waals surface area (Å²) >= 11 is 0. The molecule has 0 amide bonds. The van der Waals surface area contributed by atoms with Crippen LogP contribution in [0.4, 0.5) is 13.2 Å². The predicted octanol–water partition coefficient (Wildman–Crippen LogP) is 3.22. The van der Waals surface area contributed by atoms with Crippen LogP contribution in [0.15, 0.2) is 35.1 Å². The van der Waals surface area contributed by atoms with Gasteiger partial charge in [-0.25, -0.2) is 0 Å². The first-order chi connectivity index (χ1) is 11.1. The maximum atomic E-state index is 13.2. The summed E-state index contributed by atoms with van der Waals surface area (Å²) in [6.07, 6.45) is -3.29. The number of aromatic nitrogens is 2. The topological polar surface area (TPSA) is 60.9 Å². The highest BCUT2D eigenvalue weighted by atomic mass is 19.4. The number of nitrogens with two attached hydrogens (primary N) is 1. The molecule has 0 bridgehead atoms. The monoisotopic (exact) mass is 337 g/mol. The molecule has 3 rings (SSSR count). The van der Waals surface area contributed by atoms with Crippen LogP contribution in [0.2, 0.25) is 0 Å².